The lowest BCUT2D eigenvalue weighted by molar-refractivity contribution is -0.150. The van der Waals surface area contributed by atoms with E-state index in [-0.39, 0.29) is 13.0 Å². The summed E-state index contributed by atoms with van der Waals surface area (Å²) in [6.45, 7) is 1.83. The van der Waals surface area contributed by atoms with Gasteiger partial charge in [-0.25, -0.2) is 10.3 Å². The number of nitrogens with zero attached hydrogens (tertiary/aromatic N) is 4. The second kappa shape index (κ2) is 10.9. The largest absolute Gasteiger partial charge is 0.489 e. The molecule has 1 aromatic heterocycles. The highest BCUT2D eigenvalue weighted by Crippen LogP contribution is 2.30. The first-order valence-corrected chi connectivity index (χ1v) is 12.5. The molecule has 11 nitrogen and oxygen atoms in total. The van der Waals surface area contributed by atoms with Crippen LogP contribution in [0.2, 0.25) is 0 Å². The van der Waals surface area contributed by atoms with Gasteiger partial charge in [-0.2, -0.15) is 0 Å². The number of anilines is 1. The third-order valence-corrected chi connectivity index (χ3v) is 7.17. The van der Waals surface area contributed by atoms with Crippen LogP contribution in [0.15, 0.2) is 66.9 Å². The molecule has 38 heavy (non-hydrogen) atoms. The van der Waals surface area contributed by atoms with E-state index >= 15 is 0 Å². The van der Waals surface area contributed by atoms with E-state index in [9.17, 15) is 24.7 Å². The Morgan fingerprint density at radius 2 is 1.74 bits per heavy atom. The van der Waals surface area contributed by atoms with Gasteiger partial charge in [0.1, 0.15) is 17.9 Å². The van der Waals surface area contributed by atoms with Gasteiger partial charge in [0.2, 0.25) is 11.8 Å². The highest BCUT2D eigenvalue weighted by molar-refractivity contribution is 5.92. The van der Waals surface area contributed by atoms with Gasteiger partial charge in [0, 0.05) is 49.9 Å². The molecule has 3 N–H and O–H groups in total. The maximum atomic E-state index is 13.6. The van der Waals surface area contributed by atoms with Crippen LogP contribution in [0.5, 0.6) is 5.75 Å². The van der Waals surface area contributed by atoms with Gasteiger partial charge in [0.25, 0.3) is 0 Å². The number of hydrogen-bond acceptors (Lipinski definition) is 7. The number of fused-ring (bicyclic) bond motifs is 1. The normalized spacial score (nSPS) is 21.7. The smallest absolute Gasteiger partial charge is 0.408 e. The summed E-state index contributed by atoms with van der Waals surface area (Å²) >= 11 is 0. The molecular formula is C27H29N5O6. The predicted octanol–water partition coefficient (Wildman–Crippen LogP) is 2.20. The lowest BCUT2D eigenvalue weighted by atomic mass is 9.86. The number of likely N-dealkylation sites (tertiary alicyclic amines) is 1. The molecule has 0 aliphatic carbocycles. The van der Waals surface area contributed by atoms with Crippen LogP contribution < -0.4 is 15.1 Å². The molecular weight excluding hydrogens is 490 g/mol. The number of benzene rings is 2. The molecule has 2 unspecified atom stereocenters. The zero-order valence-electron chi connectivity index (χ0n) is 20.6. The number of piperidine rings is 1. The molecule has 3 heterocycles. The van der Waals surface area contributed by atoms with Crippen LogP contribution in [0.25, 0.3) is 10.9 Å². The summed E-state index contributed by atoms with van der Waals surface area (Å²) in [7, 11) is 0. The quantitative estimate of drug-likeness (QED) is 0.345. The fourth-order valence-corrected chi connectivity index (χ4v) is 5.29. The second-order valence-corrected chi connectivity index (χ2v) is 9.44. The number of hydrogen-bond donors (Lipinski definition) is 3. The molecule has 2 aromatic carbocycles. The second-order valence-electron chi connectivity index (χ2n) is 9.44. The number of carbonyl (C=O) groups excluding carboxylic acids is 2. The number of hydroxylamine groups is 1. The van der Waals surface area contributed by atoms with Gasteiger partial charge in [-0.05, 0) is 36.4 Å². The van der Waals surface area contributed by atoms with Crippen molar-refractivity contribution in [1.82, 2.24) is 20.3 Å². The number of nitrogens with one attached hydrogen (secondary N) is 1. The van der Waals surface area contributed by atoms with Gasteiger partial charge in [0.05, 0.1) is 18.0 Å². The molecule has 2 aliphatic rings. The van der Waals surface area contributed by atoms with Crippen molar-refractivity contribution in [2.75, 3.05) is 37.6 Å². The summed E-state index contributed by atoms with van der Waals surface area (Å²) in [4.78, 5) is 47.7. The van der Waals surface area contributed by atoms with Crippen molar-refractivity contribution >= 4 is 34.5 Å². The van der Waals surface area contributed by atoms with Crippen molar-refractivity contribution in [3.63, 3.8) is 0 Å². The monoisotopic (exact) mass is 519 g/mol. The van der Waals surface area contributed by atoms with E-state index in [1.54, 1.807) is 40.8 Å². The Morgan fingerprint density at radius 3 is 2.45 bits per heavy atom. The van der Waals surface area contributed by atoms with Gasteiger partial charge in [-0.3, -0.25) is 24.7 Å². The molecule has 0 saturated carbocycles. The summed E-state index contributed by atoms with van der Waals surface area (Å²) in [6, 6.07) is 17.6. The molecule has 3 amide bonds. The summed E-state index contributed by atoms with van der Waals surface area (Å²) in [5.74, 6) is -1.92. The van der Waals surface area contributed by atoms with Crippen LogP contribution in [-0.4, -0.2) is 87.9 Å². The number of amides is 3. The Balaban J connectivity index is 1.33. The molecule has 198 valence electrons. The van der Waals surface area contributed by atoms with E-state index in [2.05, 4.69) is 9.88 Å². The van der Waals surface area contributed by atoms with Crippen molar-refractivity contribution in [2.45, 2.75) is 18.6 Å². The maximum Gasteiger partial charge on any atom is 0.408 e. The van der Waals surface area contributed by atoms with Crippen molar-refractivity contribution in [1.29, 1.82) is 0 Å². The van der Waals surface area contributed by atoms with Crippen LogP contribution in [0.1, 0.15) is 6.42 Å². The minimum absolute atomic E-state index is 0.0572. The van der Waals surface area contributed by atoms with Crippen LogP contribution >= 0.6 is 0 Å². The Hall–Kier alpha value is -4.38. The third kappa shape index (κ3) is 5.18. The van der Waals surface area contributed by atoms with E-state index in [1.807, 2.05) is 36.4 Å². The van der Waals surface area contributed by atoms with Crippen molar-refractivity contribution in [2.24, 2.45) is 5.92 Å². The van der Waals surface area contributed by atoms with Gasteiger partial charge >= 0.3 is 6.09 Å². The SMILES string of the molecule is O=C(NO)C1C[C@H](Oc2ccc3ncccc3c2)CN(C(=O)O)C1C(=O)N1CCN(c2ccccc2)CC1. The molecule has 2 fully saturated rings. The number of piperazine rings is 1. The standard InChI is InChI=1S/C27H29N5O6/c33-25(29-37)22-16-21(38-20-8-9-23-18(15-20)5-4-10-28-23)17-32(27(35)36)24(22)26(34)31-13-11-30(12-14-31)19-6-2-1-3-7-19/h1-10,15,21-22,24,37H,11-14,16-17H2,(H,29,33)(H,35,36)/t21-,22?,24?/m0/s1. The van der Waals surface area contributed by atoms with Crippen molar-refractivity contribution in [3.05, 3.63) is 66.9 Å². The number of ether oxygens (including phenoxy) is 1. The molecule has 3 aromatic rings. The fraction of sp³-hybridized carbons (Fsp3) is 0.333. The molecule has 3 atom stereocenters. The first kappa shape index (κ1) is 25.3. The Labute approximate surface area is 219 Å². The Bertz CT molecular complexity index is 1310. The number of aromatic nitrogens is 1. The molecule has 5 rings (SSSR count). The number of carboxylic acid groups (broad SMARTS) is 1. The molecule has 0 spiro atoms. The maximum absolute atomic E-state index is 13.6. The molecule has 2 aliphatic heterocycles. The lowest BCUT2D eigenvalue weighted by Crippen LogP contribution is -2.64. The van der Waals surface area contributed by atoms with Crippen LogP contribution in [-0.2, 0) is 9.59 Å². The van der Waals surface area contributed by atoms with E-state index < -0.39 is 36.0 Å². The molecule has 2 saturated heterocycles. The average molecular weight is 520 g/mol. The van der Waals surface area contributed by atoms with Gasteiger partial charge < -0.3 is 19.6 Å². The molecule has 0 radical (unpaired) electrons. The fourth-order valence-electron chi connectivity index (χ4n) is 5.29. The Kier molecular flexibility index (Phi) is 7.27. The minimum atomic E-state index is -1.34. The van der Waals surface area contributed by atoms with Gasteiger partial charge in [0.15, 0.2) is 0 Å². The van der Waals surface area contributed by atoms with E-state index in [4.69, 9.17) is 4.74 Å². The van der Waals surface area contributed by atoms with Gasteiger partial charge in [-0.15, -0.1) is 0 Å². The highest BCUT2D eigenvalue weighted by atomic mass is 16.5. The predicted molar refractivity (Wildman–Crippen MR) is 138 cm³/mol. The average Bonchev–Trinajstić information content (AvgIpc) is 2.96. The van der Waals surface area contributed by atoms with Crippen molar-refractivity contribution in [3.8, 4) is 5.75 Å². The summed E-state index contributed by atoms with van der Waals surface area (Å²) < 4.78 is 6.08. The first-order chi connectivity index (χ1) is 18.4. The minimum Gasteiger partial charge on any atom is -0.489 e. The van der Waals surface area contributed by atoms with E-state index in [1.165, 1.54) is 0 Å². The van der Waals surface area contributed by atoms with Gasteiger partial charge in [-0.1, -0.05) is 24.3 Å². The summed E-state index contributed by atoms with van der Waals surface area (Å²) in [5.41, 5.74) is 3.45. The summed E-state index contributed by atoms with van der Waals surface area (Å²) in [6.07, 6.45) is -0.299. The van der Waals surface area contributed by atoms with Crippen LogP contribution in [0.3, 0.4) is 0 Å². The topological polar surface area (TPSA) is 136 Å². The Morgan fingerprint density at radius 1 is 0.974 bits per heavy atom. The first-order valence-electron chi connectivity index (χ1n) is 12.5. The number of para-hydroxylation sites is 1. The zero-order valence-corrected chi connectivity index (χ0v) is 20.6. The molecule has 0 bridgehead atoms. The summed E-state index contributed by atoms with van der Waals surface area (Å²) in [5, 5.41) is 20.3. The van der Waals surface area contributed by atoms with E-state index in [0.29, 0.717) is 31.9 Å². The van der Waals surface area contributed by atoms with Crippen LogP contribution in [0.4, 0.5) is 10.5 Å². The number of carbonyl (C=O) groups is 3. The zero-order chi connectivity index (χ0) is 26.6. The number of pyridine rings is 1. The van der Waals surface area contributed by atoms with Crippen molar-refractivity contribution < 1.29 is 29.4 Å². The highest BCUT2D eigenvalue weighted by Gasteiger charge is 2.48. The lowest BCUT2D eigenvalue weighted by Gasteiger charge is -2.44. The molecule has 11 heteroatoms. The third-order valence-electron chi connectivity index (χ3n) is 7.17. The number of rotatable bonds is 5. The van der Waals surface area contributed by atoms with Crippen LogP contribution in [0, 0.1) is 5.92 Å². The van der Waals surface area contributed by atoms with E-state index in [0.717, 1.165) is 21.5 Å².